The molecule has 0 spiro atoms. The molecule has 2 aromatic carbocycles. The fraction of sp³-hybridized carbons (Fsp3) is 0.158. The Morgan fingerprint density at radius 3 is 2.22 bits per heavy atom. The van der Waals surface area contributed by atoms with Crippen LogP contribution in [0.4, 0.5) is 10.5 Å². The number of carbonyl (C=O) groups excluding carboxylic acids is 1. The first-order valence-electron chi connectivity index (χ1n) is 8.36. The Morgan fingerprint density at radius 1 is 0.926 bits per heavy atom. The molecule has 27 heavy (non-hydrogen) atoms. The molecule has 3 N–H and O–H groups in total. The first-order chi connectivity index (χ1) is 13.0. The Labute approximate surface area is 157 Å². The molecule has 1 heterocycles. The SMILES string of the molecule is O=C(NCc1cn[nH]c1)Nc1ccc(CS(=O)(=O)Cc2ccccc2)cc1. The summed E-state index contributed by atoms with van der Waals surface area (Å²) in [6.45, 7) is 0.359. The van der Waals surface area contributed by atoms with E-state index < -0.39 is 9.84 Å². The second-order valence-electron chi connectivity index (χ2n) is 6.13. The molecule has 140 valence electrons. The van der Waals surface area contributed by atoms with Crippen molar-refractivity contribution < 1.29 is 13.2 Å². The van der Waals surface area contributed by atoms with Gasteiger partial charge in [0.1, 0.15) is 0 Å². The molecule has 0 aliphatic carbocycles. The summed E-state index contributed by atoms with van der Waals surface area (Å²) in [5.41, 5.74) is 2.90. The van der Waals surface area contributed by atoms with Crippen LogP contribution in [-0.4, -0.2) is 24.6 Å². The van der Waals surface area contributed by atoms with Gasteiger partial charge in [-0.15, -0.1) is 0 Å². The molecule has 1 aromatic heterocycles. The van der Waals surface area contributed by atoms with Gasteiger partial charge in [0.25, 0.3) is 0 Å². The number of sulfone groups is 1. The van der Waals surface area contributed by atoms with Crippen molar-refractivity contribution >= 4 is 21.6 Å². The quantitative estimate of drug-likeness (QED) is 0.583. The number of urea groups is 1. The normalized spacial score (nSPS) is 11.1. The lowest BCUT2D eigenvalue weighted by Crippen LogP contribution is -2.28. The molecule has 0 aliphatic heterocycles. The summed E-state index contributed by atoms with van der Waals surface area (Å²) in [6, 6.07) is 15.5. The summed E-state index contributed by atoms with van der Waals surface area (Å²) in [5, 5.41) is 11.9. The minimum absolute atomic E-state index is 0.00423. The fourth-order valence-electron chi connectivity index (χ4n) is 2.55. The number of aromatic nitrogens is 2. The van der Waals surface area contributed by atoms with Crippen molar-refractivity contribution in [2.24, 2.45) is 0 Å². The molecule has 0 unspecified atom stereocenters. The largest absolute Gasteiger partial charge is 0.334 e. The van der Waals surface area contributed by atoms with Crippen LogP contribution in [0.25, 0.3) is 0 Å². The van der Waals surface area contributed by atoms with Gasteiger partial charge in [-0.3, -0.25) is 5.10 Å². The second kappa shape index (κ2) is 8.50. The van der Waals surface area contributed by atoms with Crippen LogP contribution in [0.1, 0.15) is 16.7 Å². The van der Waals surface area contributed by atoms with Crippen LogP contribution in [0, 0.1) is 0 Å². The number of rotatable bonds is 7. The fourth-order valence-corrected chi connectivity index (χ4v) is 4.05. The lowest BCUT2D eigenvalue weighted by atomic mass is 10.2. The van der Waals surface area contributed by atoms with Crippen LogP contribution in [-0.2, 0) is 27.9 Å². The highest BCUT2D eigenvalue weighted by molar-refractivity contribution is 7.89. The molecule has 0 radical (unpaired) electrons. The Hall–Kier alpha value is -3.13. The Kier molecular flexibility index (Phi) is 5.87. The van der Waals surface area contributed by atoms with Gasteiger partial charge in [-0.25, -0.2) is 13.2 Å². The molecule has 7 nitrogen and oxygen atoms in total. The molecule has 3 aromatic rings. The predicted molar refractivity (Wildman–Crippen MR) is 104 cm³/mol. The van der Waals surface area contributed by atoms with Crippen molar-refractivity contribution in [3.63, 3.8) is 0 Å². The maximum absolute atomic E-state index is 12.3. The number of hydrogen-bond donors (Lipinski definition) is 3. The van der Waals surface area contributed by atoms with Crippen molar-refractivity contribution in [3.8, 4) is 0 Å². The molecule has 8 heteroatoms. The summed E-state index contributed by atoms with van der Waals surface area (Å²) in [5.74, 6) is -0.0425. The zero-order valence-electron chi connectivity index (χ0n) is 14.6. The number of H-pyrrole nitrogens is 1. The number of carbonyl (C=O) groups is 1. The zero-order chi connectivity index (χ0) is 19.1. The van der Waals surface area contributed by atoms with Gasteiger partial charge in [0.15, 0.2) is 9.84 Å². The van der Waals surface area contributed by atoms with Gasteiger partial charge in [-0.05, 0) is 23.3 Å². The molecule has 0 saturated heterocycles. The van der Waals surface area contributed by atoms with E-state index in [0.717, 1.165) is 11.1 Å². The smallest absolute Gasteiger partial charge is 0.319 e. The van der Waals surface area contributed by atoms with Crippen LogP contribution in [0.2, 0.25) is 0 Å². The third kappa shape index (κ3) is 5.96. The van der Waals surface area contributed by atoms with Gasteiger partial charge >= 0.3 is 6.03 Å². The Balaban J connectivity index is 1.52. The van der Waals surface area contributed by atoms with E-state index in [-0.39, 0.29) is 17.5 Å². The molecule has 2 amide bonds. The summed E-state index contributed by atoms with van der Waals surface area (Å²) < 4.78 is 24.7. The van der Waals surface area contributed by atoms with E-state index in [4.69, 9.17) is 0 Å². The van der Waals surface area contributed by atoms with Gasteiger partial charge in [0, 0.05) is 24.0 Å². The number of nitrogens with one attached hydrogen (secondary N) is 3. The van der Waals surface area contributed by atoms with Gasteiger partial charge < -0.3 is 10.6 Å². The van der Waals surface area contributed by atoms with E-state index in [2.05, 4.69) is 20.8 Å². The number of nitrogens with zero attached hydrogens (tertiary/aromatic N) is 1. The van der Waals surface area contributed by atoms with E-state index in [1.165, 1.54) is 0 Å². The Bertz CT molecular complexity index is 970. The topological polar surface area (TPSA) is 104 Å². The van der Waals surface area contributed by atoms with E-state index in [9.17, 15) is 13.2 Å². The standard InChI is InChI=1S/C19H20N4O3S/c24-19(20-10-17-11-21-22-12-17)23-18-8-6-16(7-9-18)14-27(25,26)13-15-4-2-1-3-5-15/h1-9,11-12H,10,13-14H2,(H,21,22)(H2,20,23,24). The molecule has 0 saturated carbocycles. The lowest BCUT2D eigenvalue weighted by molar-refractivity contribution is 0.251. The maximum atomic E-state index is 12.3. The van der Waals surface area contributed by atoms with E-state index >= 15 is 0 Å². The van der Waals surface area contributed by atoms with Crippen molar-refractivity contribution in [1.29, 1.82) is 0 Å². The third-order valence-corrected chi connectivity index (χ3v) is 5.38. The van der Waals surface area contributed by atoms with Crippen LogP contribution in [0.3, 0.4) is 0 Å². The van der Waals surface area contributed by atoms with Crippen molar-refractivity contribution in [2.75, 3.05) is 5.32 Å². The van der Waals surface area contributed by atoms with E-state index in [1.54, 1.807) is 48.8 Å². The summed E-state index contributed by atoms with van der Waals surface area (Å²) in [7, 11) is -3.27. The molecule has 0 atom stereocenters. The Morgan fingerprint density at radius 2 is 1.59 bits per heavy atom. The minimum Gasteiger partial charge on any atom is -0.334 e. The molecule has 0 bridgehead atoms. The van der Waals surface area contributed by atoms with Crippen molar-refractivity contribution in [3.05, 3.63) is 83.7 Å². The highest BCUT2D eigenvalue weighted by atomic mass is 32.2. The van der Waals surface area contributed by atoms with Gasteiger partial charge in [0.2, 0.25) is 0 Å². The minimum atomic E-state index is -3.27. The molecular weight excluding hydrogens is 364 g/mol. The average Bonchev–Trinajstić information content (AvgIpc) is 3.15. The second-order valence-corrected chi connectivity index (χ2v) is 8.19. The number of benzene rings is 2. The number of anilines is 1. The molecule has 0 aliphatic rings. The molecule has 0 fully saturated rings. The zero-order valence-corrected chi connectivity index (χ0v) is 15.4. The lowest BCUT2D eigenvalue weighted by Gasteiger charge is -2.08. The number of aromatic amines is 1. The number of amides is 2. The monoisotopic (exact) mass is 384 g/mol. The van der Waals surface area contributed by atoms with Crippen LogP contribution in [0.5, 0.6) is 0 Å². The van der Waals surface area contributed by atoms with Gasteiger partial charge in [-0.1, -0.05) is 42.5 Å². The van der Waals surface area contributed by atoms with Crippen molar-refractivity contribution in [1.82, 2.24) is 15.5 Å². The van der Waals surface area contributed by atoms with Crippen LogP contribution < -0.4 is 10.6 Å². The predicted octanol–water partition coefficient (Wildman–Crippen LogP) is 2.85. The van der Waals surface area contributed by atoms with Gasteiger partial charge in [0.05, 0.1) is 17.7 Å². The first-order valence-corrected chi connectivity index (χ1v) is 10.2. The first kappa shape index (κ1) is 18.7. The highest BCUT2D eigenvalue weighted by Crippen LogP contribution is 2.15. The molecular formula is C19H20N4O3S. The average molecular weight is 384 g/mol. The van der Waals surface area contributed by atoms with E-state index in [0.29, 0.717) is 17.8 Å². The summed E-state index contributed by atoms with van der Waals surface area (Å²) >= 11 is 0. The van der Waals surface area contributed by atoms with Crippen LogP contribution in [0.15, 0.2) is 67.0 Å². The van der Waals surface area contributed by atoms with Crippen LogP contribution >= 0.6 is 0 Å². The van der Waals surface area contributed by atoms with Crippen molar-refractivity contribution in [2.45, 2.75) is 18.1 Å². The van der Waals surface area contributed by atoms with Gasteiger partial charge in [-0.2, -0.15) is 5.10 Å². The third-order valence-electron chi connectivity index (χ3n) is 3.84. The van der Waals surface area contributed by atoms with E-state index in [1.807, 2.05) is 18.2 Å². The number of hydrogen-bond acceptors (Lipinski definition) is 4. The highest BCUT2D eigenvalue weighted by Gasteiger charge is 2.13. The molecule has 3 rings (SSSR count). The summed E-state index contributed by atoms with van der Waals surface area (Å²) in [6.07, 6.45) is 3.33. The maximum Gasteiger partial charge on any atom is 0.319 e. The summed E-state index contributed by atoms with van der Waals surface area (Å²) in [4.78, 5) is 11.9.